The average Bonchev–Trinajstić information content (AvgIpc) is 2.59. The molecule has 2 atom stereocenters. The first-order chi connectivity index (χ1) is 11.1. The molecule has 0 aliphatic carbocycles. The highest BCUT2D eigenvalue weighted by molar-refractivity contribution is 9.10. The number of rotatable bonds is 4. The van der Waals surface area contributed by atoms with Gasteiger partial charge in [0.2, 0.25) is 5.91 Å². The van der Waals surface area contributed by atoms with Crippen molar-refractivity contribution in [2.75, 3.05) is 19.1 Å². The highest BCUT2D eigenvalue weighted by Crippen LogP contribution is 2.41. The monoisotopic (exact) mass is 376 g/mol. The van der Waals surface area contributed by atoms with Crippen LogP contribution in [-0.2, 0) is 4.79 Å². The summed E-state index contributed by atoms with van der Waals surface area (Å²) in [4.78, 5) is 13.9. The van der Waals surface area contributed by atoms with Crippen LogP contribution in [0.5, 0.6) is 11.5 Å². The van der Waals surface area contributed by atoms with E-state index in [2.05, 4.69) is 15.9 Å². The normalized spacial score (nSPS) is 20.2. The summed E-state index contributed by atoms with van der Waals surface area (Å²) in [6, 6.07) is 12.4. The maximum atomic E-state index is 12.2. The molecule has 0 radical (unpaired) electrons. The Hall–Kier alpha value is -2.05. The number of halogens is 1. The Morgan fingerprint density at radius 3 is 2.30 bits per heavy atom. The first-order valence-electron chi connectivity index (χ1n) is 7.13. The molecule has 0 aromatic heterocycles. The minimum absolute atomic E-state index is 0.0906. The molecule has 1 fully saturated rings. The van der Waals surface area contributed by atoms with Gasteiger partial charge in [-0.15, -0.1) is 0 Å². The van der Waals surface area contributed by atoms with Crippen LogP contribution in [0.4, 0.5) is 5.69 Å². The Labute approximate surface area is 143 Å². The molecule has 0 bridgehead atoms. The molecular formula is C17H17BrN2O3. The van der Waals surface area contributed by atoms with Gasteiger partial charge in [0.1, 0.15) is 6.04 Å². The number of ether oxygens (including phenoxy) is 2. The number of hydrogen-bond acceptors (Lipinski definition) is 4. The molecule has 6 heteroatoms. The van der Waals surface area contributed by atoms with Crippen LogP contribution in [0.2, 0.25) is 0 Å². The third-order valence-corrected chi connectivity index (χ3v) is 4.52. The average molecular weight is 377 g/mol. The van der Waals surface area contributed by atoms with Gasteiger partial charge >= 0.3 is 0 Å². The summed E-state index contributed by atoms with van der Waals surface area (Å²) in [6.45, 7) is 0. The fourth-order valence-electron chi connectivity index (χ4n) is 2.79. The number of amides is 1. The number of carbonyl (C=O) groups is 1. The highest BCUT2D eigenvalue weighted by atomic mass is 79.9. The Kier molecular flexibility index (Phi) is 4.28. The number of benzene rings is 2. The molecule has 3 rings (SSSR count). The summed E-state index contributed by atoms with van der Waals surface area (Å²) in [6.07, 6.45) is 0. The summed E-state index contributed by atoms with van der Waals surface area (Å²) in [5.74, 6) is 1.17. The Morgan fingerprint density at radius 1 is 1.04 bits per heavy atom. The molecule has 2 aromatic rings. The summed E-state index contributed by atoms with van der Waals surface area (Å²) in [7, 11) is 3.17. The predicted molar refractivity (Wildman–Crippen MR) is 91.9 cm³/mol. The molecule has 0 unspecified atom stereocenters. The van der Waals surface area contributed by atoms with Gasteiger partial charge < -0.3 is 20.1 Å². The molecule has 1 heterocycles. The number of anilines is 1. The maximum Gasteiger partial charge on any atom is 0.247 e. The molecule has 120 valence electrons. The fraction of sp³-hybridized carbons (Fsp3) is 0.235. The van der Waals surface area contributed by atoms with E-state index in [4.69, 9.17) is 15.2 Å². The first kappa shape index (κ1) is 15.8. The summed E-state index contributed by atoms with van der Waals surface area (Å²) >= 11 is 3.40. The Balaban J connectivity index is 1.97. The van der Waals surface area contributed by atoms with Crippen LogP contribution in [0.1, 0.15) is 11.6 Å². The lowest BCUT2D eigenvalue weighted by atomic mass is 9.88. The van der Waals surface area contributed by atoms with Crippen molar-refractivity contribution in [1.29, 1.82) is 0 Å². The van der Waals surface area contributed by atoms with Gasteiger partial charge in [-0.3, -0.25) is 4.79 Å². The molecule has 23 heavy (non-hydrogen) atoms. The van der Waals surface area contributed by atoms with Crippen LogP contribution < -0.4 is 20.1 Å². The third-order valence-electron chi connectivity index (χ3n) is 3.99. The van der Waals surface area contributed by atoms with Gasteiger partial charge in [-0.05, 0) is 42.0 Å². The van der Waals surface area contributed by atoms with Gasteiger partial charge in [-0.1, -0.05) is 22.0 Å². The summed E-state index contributed by atoms with van der Waals surface area (Å²) in [5.41, 5.74) is 7.78. The smallest absolute Gasteiger partial charge is 0.247 e. The van der Waals surface area contributed by atoms with Gasteiger partial charge in [-0.2, -0.15) is 0 Å². The van der Waals surface area contributed by atoms with Crippen LogP contribution in [0, 0.1) is 0 Å². The lowest BCUT2D eigenvalue weighted by molar-refractivity contribution is -0.126. The van der Waals surface area contributed by atoms with Crippen molar-refractivity contribution in [2.24, 2.45) is 5.73 Å². The molecule has 1 aliphatic heterocycles. The third kappa shape index (κ3) is 2.68. The van der Waals surface area contributed by atoms with Crippen molar-refractivity contribution < 1.29 is 14.3 Å². The summed E-state index contributed by atoms with van der Waals surface area (Å²) < 4.78 is 11.6. The zero-order valence-electron chi connectivity index (χ0n) is 12.8. The number of carbonyl (C=O) groups excluding carboxylic acids is 1. The standard InChI is InChI=1S/C17H17BrN2O3/c1-22-13-8-3-10(9-14(13)23-2)16-15(19)17(21)20(16)12-6-4-11(18)5-7-12/h3-9,15-16H,19H2,1-2H3/t15-,16-/m0/s1. The summed E-state index contributed by atoms with van der Waals surface area (Å²) in [5, 5.41) is 0. The van der Waals surface area contributed by atoms with Crippen molar-refractivity contribution in [3.63, 3.8) is 0 Å². The van der Waals surface area contributed by atoms with Gasteiger partial charge in [-0.25, -0.2) is 0 Å². The van der Waals surface area contributed by atoms with E-state index in [0.717, 1.165) is 15.7 Å². The van der Waals surface area contributed by atoms with Crippen LogP contribution in [0.3, 0.4) is 0 Å². The minimum Gasteiger partial charge on any atom is -0.493 e. The van der Waals surface area contributed by atoms with Crippen molar-refractivity contribution in [1.82, 2.24) is 0 Å². The number of β-lactam (4-membered cyclic amide) rings is 1. The second kappa shape index (κ2) is 6.22. The first-order valence-corrected chi connectivity index (χ1v) is 7.92. The second-order valence-electron chi connectivity index (χ2n) is 5.27. The van der Waals surface area contributed by atoms with E-state index in [1.54, 1.807) is 19.1 Å². The predicted octanol–water partition coefficient (Wildman–Crippen LogP) is 2.88. The van der Waals surface area contributed by atoms with E-state index in [-0.39, 0.29) is 11.9 Å². The highest BCUT2D eigenvalue weighted by Gasteiger charge is 2.46. The zero-order chi connectivity index (χ0) is 16.6. The van der Waals surface area contributed by atoms with E-state index in [1.165, 1.54) is 0 Å². The van der Waals surface area contributed by atoms with Gasteiger partial charge in [0.15, 0.2) is 11.5 Å². The number of methoxy groups -OCH3 is 2. The van der Waals surface area contributed by atoms with Crippen molar-refractivity contribution in [3.8, 4) is 11.5 Å². The quantitative estimate of drug-likeness (QED) is 0.833. The Morgan fingerprint density at radius 2 is 1.70 bits per heavy atom. The maximum absolute atomic E-state index is 12.2. The molecule has 0 saturated carbocycles. The van der Waals surface area contributed by atoms with Crippen LogP contribution in [-0.4, -0.2) is 26.2 Å². The van der Waals surface area contributed by atoms with Gasteiger partial charge in [0.05, 0.1) is 20.3 Å². The van der Waals surface area contributed by atoms with E-state index < -0.39 is 6.04 Å². The van der Waals surface area contributed by atoms with Crippen molar-refractivity contribution >= 4 is 27.5 Å². The molecule has 1 amide bonds. The molecule has 0 spiro atoms. The topological polar surface area (TPSA) is 64.8 Å². The second-order valence-corrected chi connectivity index (χ2v) is 6.19. The van der Waals surface area contributed by atoms with Crippen LogP contribution >= 0.6 is 15.9 Å². The van der Waals surface area contributed by atoms with E-state index >= 15 is 0 Å². The molecule has 1 saturated heterocycles. The van der Waals surface area contributed by atoms with Crippen LogP contribution in [0.25, 0.3) is 0 Å². The Bertz CT molecular complexity index is 733. The van der Waals surface area contributed by atoms with Gasteiger partial charge in [0.25, 0.3) is 0 Å². The lowest BCUT2D eigenvalue weighted by Crippen LogP contribution is -2.63. The SMILES string of the molecule is COc1ccc([C@H]2[C@H](N)C(=O)N2c2ccc(Br)cc2)cc1OC. The molecule has 2 N–H and O–H groups in total. The van der Waals surface area contributed by atoms with Crippen molar-refractivity contribution in [3.05, 3.63) is 52.5 Å². The molecular weight excluding hydrogens is 360 g/mol. The van der Waals surface area contributed by atoms with E-state index in [1.807, 2.05) is 42.5 Å². The molecule has 5 nitrogen and oxygen atoms in total. The van der Waals surface area contributed by atoms with E-state index in [0.29, 0.717) is 11.5 Å². The number of nitrogens with two attached hydrogens (primary N) is 1. The largest absolute Gasteiger partial charge is 0.493 e. The zero-order valence-corrected chi connectivity index (χ0v) is 14.4. The fourth-order valence-corrected chi connectivity index (χ4v) is 3.06. The van der Waals surface area contributed by atoms with Crippen LogP contribution in [0.15, 0.2) is 46.9 Å². The minimum atomic E-state index is -0.559. The lowest BCUT2D eigenvalue weighted by Gasteiger charge is -2.45. The number of nitrogens with zero attached hydrogens (tertiary/aromatic N) is 1. The molecule has 1 aliphatic rings. The molecule has 2 aromatic carbocycles. The van der Waals surface area contributed by atoms with Crippen molar-refractivity contribution in [2.45, 2.75) is 12.1 Å². The van der Waals surface area contributed by atoms with Gasteiger partial charge in [0, 0.05) is 10.2 Å². The van der Waals surface area contributed by atoms with E-state index in [9.17, 15) is 4.79 Å². The number of hydrogen-bond donors (Lipinski definition) is 1.